The van der Waals surface area contributed by atoms with Crippen LogP contribution in [0, 0.1) is 12.7 Å². The van der Waals surface area contributed by atoms with Gasteiger partial charge in [0.2, 0.25) is 0 Å². The summed E-state index contributed by atoms with van der Waals surface area (Å²) >= 11 is 1.58. The number of hydrogen-bond donors (Lipinski definition) is 0. The van der Waals surface area contributed by atoms with Crippen LogP contribution in [-0.4, -0.2) is 14.5 Å². The van der Waals surface area contributed by atoms with E-state index < -0.39 is 5.82 Å². The topological polar surface area (TPSA) is 47.8 Å². The number of thiazole rings is 1. The van der Waals surface area contributed by atoms with E-state index in [9.17, 15) is 9.18 Å². The molecule has 0 N–H and O–H groups in total. The van der Waals surface area contributed by atoms with Crippen LogP contribution in [0.3, 0.4) is 0 Å². The van der Waals surface area contributed by atoms with Crippen LogP contribution in [-0.2, 0) is 13.0 Å². The summed E-state index contributed by atoms with van der Waals surface area (Å²) in [6.07, 6.45) is 2.33. The zero-order chi connectivity index (χ0) is 15.0. The first-order valence-electron chi connectivity index (χ1n) is 6.68. The summed E-state index contributed by atoms with van der Waals surface area (Å²) in [5.74, 6) is -0.429. The summed E-state index contributed by atoms with van der Waals surface area (Å²) in [5, 5.41) is 1.28. The van der Waals surface area contributed by atoms with E-state index >= 15 is 0 Å². The molecule has 2 heterocycles. The Morgan fingerprint density at radius 1 is 1.38 bits per heavy atom. The number of fused-ring (bicyclic) bond motifs is 1. The van der Waals surface area contributed by atoms with E-state index in [1.54, 1.807) is 11.3 Å². The van der Waals surface area contributed by atoms with Gasteiger partial charge >= 0.3 is 0 Å². The third-order valence-electron chi connectivity index (χ3n) is 3.32. The van der Waals surface area contributed by atoms with Gasteiger partial charge in [-0.2, -0.15) is 0 Å². The number of hydrogen-bond acceptors (Lipinski definition) is 4. The third kappa shape index (κ3) is 2.58. The molecule has 0 aliphatic carbocycles. The zero-order valence-electron chi connectivity index (χ0n) is 11.8. The van der Waals surface area contributed by atoms with Crippen LogP contribution in [0.25, 0.3) is 10.9 Å². The van der Waals surface area contributed by atoms with Gasteiger partial charge in [-0.1, -0.05) is 6.92 Å². The van der Waals surface area contributed by atoms with Gasteiger partial charge in [-0.05, 0) is 31.5 Å². The molecule has 0 fully saturated rings. The second-order valence-corrected chi connectivity index (χ2v) is 6.08. The van der Waals surface area contributed by atoms with E-state index in [1.807, 2.05) is 13.8 Å². The molecule has 0 bridgehead atoms. The smallest absolute Gasteiger partial charge is 0.261 e. The van der Waals surface area contributed by atoms with Gasteiger partial charge in [0.05, 0.1) is 34.5 Å². The monoisotopic (exact) mass is 303 g/mol. The van der Waals surface area contributed by atoms with Gasteiger partial charge in [0.25, 0.3) is 5.56 Å². The fraction of sp³-hybridized carbons (Fsp3) is 0.267. The second-order valence-electron chi connectivity index (χ2n) is 4.80. The Morgan fingerprint density at radius 2 is 2.19 bits per heavy atom. The lowest BCUT2D eigenvalue weighted by Crippen LogP contribution is -2.21. The quantitative estimate of drug-likeness (QED) is 0.747. The first-order chi connectivity index (χ1) is 10.1. The van der Waals surface area contributed by atoms with Crippen molar-refractivity contribution in [2.24, 2.45) is 0 Å². The normalized spacial score (nSPS) is 11.2. The standard InChI is InChI=1S/C15H14FN3OS/c1-3-12-14(21-9(2)18-12)7-19-8-17-13-5-4-10(16)6-11(13)15(19)20/h4-6,8H,3,7H2,1-2H3. The van der Waals surface area contributed by atoms with E-state index in [0.717, 1.165) is 22.0 Å². The first kappa shape index (κ1) is 13.9. The Bertz CT molecular complexity index is 869. The van der Waals surface area contributed by atoms with E-state index in [2.05, 4.69) is 9.97 Å². The van der Waals surface area contributed by atoms with Crippen LogP contribution < -0.4 is 5.56 Å². The van der Waals surface area contributed by atoms with Gasteiger partial charge in [0.15, 0.2) is 0 Å². The Kier molecular flexibility index (Phi) is 3.55. The van der Waals surface area contributed by atoms with Crippen molar-refractivity contribution in [1.29, 1.82) is 0 Å². The highest BCUT2D eigenvalue weighted by molar-refractivity contribution is 7.11. The molecule has 4 nitrogen and oxygen atoms in total. The average Bonchev–Trinajstić information content (AvgIpc) is 2.82. The number of halogens is 1. The molecular formula is C15H14FN3OS. The maximum atomic E-state index is 13.3. The third-order valence-corrected chi connectivity index (χ3v) is 4.32. The number of nitrogens with zero attached hydrogens (tertiary/aromatic N) is 3. The molecular weight excluding hydrogens is 289 g/mol. The number of rotatable bonds is 3. The average molecular weight is 303 g/mol. The molecule has 0 amide bonds. The molecule has 2 aromatic heterocycles. The molecule has 0 spiro atoms. The van der Waals surface area contributed by atoms with Crippen LogP contribution in [0.5, 0.6) is 0 Å². The van der Waals surface area contributed by atoms with Crippen LogP contribution >= 0.6 is 11.3 Å². The van der Waals surface area contributed by atoms with Gasteiger partial charge < -0.3 is 0 Å². The summed E-state index contributed by atoms with van der Waals surface area (Å²) in [6, 6.07) is 4.06. The maximum absolute atomic E-state index is 13.3. The highest BCUT2D eigenvalue weighted by atomic mass is 32.1. The van der Waals surface area contributed by atoms with Crippen molar-refractivity contribution in [3.8, 4) is 0 Å². The molecule has 0 radical (unpaired) electrons. The molecule has 3 rings (SSSR count). The molecule has 0 saturated heterocycles. The largest absolute Gasteiger partial charge is 0.293 e. The molecule has 0 unspecified atom stereocenters. The Morgan fingerprint density at radius 3 is 2.95 bits per heavy atom. The lowest BCUT2D eigenvalue weighted by atomic mass is 10.2. The first-order valence-corrected chi connectivity index (χ1v) is 7.50. The predicted molar refractivity (Wildman–Crippen MR) is 81.3 cm³/mol. The Balaban J connectivity index is 2.08. The van der Waals surface area contributed by atoms with Crippen molar-refractivity contribution in [2.45, 2.75) is 26.8 Å². The molecule has 1 aromatic carbocycles. The van der Waals surface area contributed by atoms with Crippen LogP contribution in [0.15, 0.2) is 29.3 Å². The van der Waals surface area contributed by atoms with Crippen molar-refractivity contribution in [3.05, 3.63) is 56.3 Å². The van der Waals surface area contributed by atoms with E-state index in [-0.39, 0.29) is 5.56 Å². The number of aryl methyl sites for hydroxylation is 2. The van der Waals surface area contributed by atoms with E-state index in [4.69, 9.17) is 0 Å². The predicted octanol–water partition coefficient (Wildman–Crippen LogP) is 2.91. The van der Waals surface area contributed by atoms with Crippen molar-refractivity contribution in [3.63, 3.8) is 0 Å². The van der Waals surface area contributed by atoms with Crippen molar-refractivity contribution < 1.29 is 4.39 Å². The van der Waals surface area contributed by atoms with Crippen molar-refractivity contribution in [2.75, 3.05) is 0 Å². The number of benzene rings is 1. The van der Waals surface area contributed by atoms with Gasteiger partial charge in [0.1, 0.15) is 5.82 Å². The van der Waals surface area contributed by atoms with Crippen molar-refractivity contribution in [1.82, 2.24) is 14.5 Å². The van der Waals surface area contributed by atoms with E-state index in [1.165, 1.54) is 29.1 Å². The van der Waals surface area contributed by atoms with Crippen LogP contribution in [0.4, 0.5) is 4.39 Å². The lowest BCUT2D eigenvalue weighted by molar-refractivity contribution is 0.629. The molecule has 21 heavy (non-hydrogen) atoms. The van der Waals surface area contributed by atoms with Gasteiger partial charge in [-0.3, -0.25) is 9.36 Å². The maximum Gasteiger partial charge on any atom is 0.261 e. The minimum atomic E-state index is -0.429. The molecule has 108 valence electrons. The molecule has 0 atom stereocenters. The summed E-state index contributed by atoms with van der Waals surface area (Å²) < 4.78 is 14.8. The minimum absolute atomic E-state index is 0.229. The molecule has 6 heteroatoms. The Hall–Kier alpha value is -2.08. The van der Waals surface area contributed by atoms with Crippen LogP contribution in [0.2, 0.25) is 0 Å². The summed E-state index contributed by atoms with van der Waals surface area (Å²) in [7, 11) is 0. The molecule has 0 saturated carbocycles. The molecule has 0 aliphatic rings. The van der Waals surface area contributed by atoms with Gasteiger partial charge in [-0.25, -0.2) is 14.4 Å². The molecule has 0 aliphatic heterocycles. The fourth-order valence-electron chi connectivity index (χ4n) is 2.31. The van der Waals surface area contributed by atoms with Crippen LogP contribution in [0.1, 0.15) is 22.5 Å². The fourth-order valence-corrected chi connectivity index (χ4v) is 3.33. The Labute approximate surface area is 124 Å². The summed E-state index contributed by atoms with van der Waals surface area (Å²) in [6.45, 7) is 4.41. The van der Waals surface area contributed by atoms with Gasteiger partial charge in [-0.15, -0.1) is 11.3 Å². The number of aromatic nitrogens is 3. The SMILES string of the molecule is CCc1nc(C)sc1Cn1cnc2ccc(F)cc2c1=O. The van der Waals surface area contributed by atoms with Gasteiger partial charge in [0, 0.05) is 4.88 Å². The van der Waals surface area contributed by atoms with Crippen molar-refractivity contribution >= 4 is 22.2 Å². The molecule has 3 aromatic rings. The lowest BCUT2D eigenvalue weighted by Gasteiger charge is -2.06. The second kappa shape index (κ2) is 5.37. The van der Waals surface area contributed by atoms with E-state index in [0.29, 0.717) is 17.4 Å². The minimum Gasteiger partial charge on any atom is -0.293 e. The zero-order valence-corrected chi connectivity index (χ0v) is 12.6. The summed E-state index contributed by atoms with van der Waals surface area (Å²) in [5.41, 5.74) is 1.28. The highest BCUT2D eigenvalue weighted by Gasteiger charge is 2.11. The summed E-state index contributed by atoms with van der Waals surface area (Å²) in [4.78, 5) is 22.2. The highest BCUT2D eigenvalue weighted by Crippen LogP contribution is 2.19.